The second-order valence-corrected chi connectivity index (χ2v) is 11.0. The molecule has 0 amide bonds. The first-order valence-electron chi connectivity index (χ1n) is 9.31. The van der Waals surface area contributed by atoms with Crippen molar-refractivity contribution < 1.29 is 18.0 Å². The molecule has 2 aliphatic rings. The third-order valence-corrected chi connectivity index (χ3v) is 8.17. The van der Waals surface area contributed by atoms with Gasteiger partial charge in [-0.15, -0.1) is 0 Å². The molecule has 7 heteroatoms. The van der Waals surface area contributed by atoms with Crippen molar-refractivity contribution in [3.63, 3.8) is 0 Å². The van der Waals surface area contributed by atoms with Crippen molar-refractivity contribution in [2.45, 2.75) is 29.1 Å². The van der Waals surface area contributed by atoms with Crippen LogP contribution in [0.1, 0.15) is 29.6 Å². The van der Waals surface area contributed by atoms with Crippen LogP contribution in [0.2, 0.25) is 5.02 Å². The van der Waals surface area contributed by atoms with Gasteiger partial charge in [0.05, 0.1) is 15.5 Å². The number of Topliss-reactive ketones (excluding diaryl/α,β-unsaturated/α-hetero) is 2. The van der Waals surface area contributed by atoms with Gasteiger partial charge in [-0.2, -0.15) is 0 Å². The fraction of sp³-hybridized carbons (Fsp3) is 0.273. The number of benzene rings is 2. The maximum atomic E-state index is 13.4. The van der Waals surface area contributed by atoms with Gasteiger partial charge in [0.1, 0.15) is 0 Å². The smallest absolute Gasteiger partial charge is 0.198 e. The molecule has 0 N–H and O–H groups in total. The third-order valence-electron chi connectivity index (χ3n) is 5.48. The molecule has 0 spiro atoms. The molecule has 2 aromatic rings. The van der Waals surface area contributed by atoms with Crippen molar-refractivity contribution in [2.75, 3.05) is 6.26 Å². The molecule has 1 unspecified atom stereocenters. The van der Waals surface area contributed by atoms with E-state index in [0.29, 0.717) is 0 Å². The molecule has 2 aromatic carbocycles. The van der Waals surface area contributed by atoms with Crippen molar-refractivity contribution in [2.24, 2.45) is 11.8 Å². The number of fused-ring (bicyclic) bond motifs is 2. The van der Waals surface area contributed by atoms with Crippen LogP contribution in [0.25, 0.3) is 0 Å². The number of hydrogen-bond acceptors (Lipinski definition) is 5. The lowest BCUT2D eigenvalue weighted by Crippen LogP contribution is -2.26. The molecule has 0 heterocycles. The molecule has 4 nitrogen and oxygen atoms in total. The molecular formula is C22H19ClO4S2. The minimum Gasteiger partial charge on any atom is -0.294 e. The third kappa shape index (κ3) is 3.93. The summed E-state index contributed by atoms with van der Waals surface area (Å²) >= 11 is 7.74. The van der Waals surface area contributed by atoms with Gasteiger partial charge in [-0.25, -0.2) is 8.42 Å². The Kier molecular flexibility index (Phi) is 5.44. The van der Waals surface area contributed by atoms with E-state index in [4.69, 9.17) is 11.6 Å². The second kappa shape index (κ2) is 7.74. The number of allylic oxidation sites excluding steroid dienone is 2. The largest absolute Gasteiger partial charge is 0.294 e. The van der Waals surface area contributed by atoms with E-state index >= 15 is 0 Å². The Hall–Kier alpha value is -1.89. The molecule has 2 bridgehead atoms. The van der Waals surface area contributed by atoms with Gasteiger partial charge < -0.3 is 0 Å². The molecule has 4 rings (SSSR count). The minimum absolute atomic E-state index is 0.0419. The Morgan fingerprint density at radius 2 is 1.76 bits per heavy atom. The van der Waals surface area contributed by atoms with E-state index < -0.39 is 15.6 Å². The lowest BCUT2D eigenvalue weighted by Gasteiger charge is -2.24. The first kappa shape index (κ1) is 20.4. The van der Waals surface area contributed by atoms with Crippen LogP contribution in [0.15, 0.2) is 68.8 Å². The Labute approximate surface area is 179 Å². The number of carbonyl (C=O) groups excluding carboxylic acids is 2. The summed E-state index contributed by atoms with van der Waals surface area (Å²) in [5, 5.41) is 0.0419. The van der Waals surface area contributed by atoms with Crippen molar-refractivity contribution in [1.29, 1.82) is 0 Å². The van der Waals surface area contributed by atoms with Crippen molar-refractivity contribution in [1.82, 2.24) is 0 Å². The topological polar surface area (TPSA) is 68.3 Å². The molecule has 29 heavy (non-hydrogen) atoms. The summed E-state index contributed by atoms with van der Waals surface area (Å²) in [6.45, 7) is 0. The minimum atomic E-state index is -3.44. The normalized spacial score (nSPS) is 21.5. The zero-order valence-corrected chi connectivity index (χ0v) is 18.1. The average Bonchev–Trinajstić information content (AvgIpc) is 3.12. The second-order valence-electron chi connectivity index (χ2n) is 7.47. The maximum Gasteiger partial charge on any atom is 0.198 e. The summed E-state index contributed by atoms with van der Waals surface area (Å²) < 4.78 is 23.5. The molecule has 2 atom stereocenters. The molecule has 1 fully saturated rings. The Balaban J connectivity index is 1.79. The SMILES string of the molecule is CS(=O)(=O)c1ccc(C(=O)C2=C(Sc3ccccc3)[C@H]3CCC(C3)C2=O)c(Cl)c1. The van der Waals surface area contributed by atoms with E-state index in [1.807, 2.05) is 30.3 Å². The molecule has 0 radical (unpaired) electrons. The van der Waals surface area contributed by atoms with Crippen LogP contribution in [0, 0.1) is 11.8 Å². The summed E-state index contributed by atoms with van der Waals surface area (Å²) in [6.07, 6.45) is 3.55. The van der Waals surface area contributed by atoms with Crippen molar-refractivity contribution >= 4 is 44.8 Å². The highest BCUT2D eigenvalue weighted by Gasteiger charge is 2.43. The molecular weight excluding hydrogens is 428 g/mol. The maximum absolute atomic E-state index is 13.4. The van der Waals surface area contributed by atoms with E-state index in [9.17, 15) is 18.0 Å². The number of carbonyl (C=O) groups is 2. The molecule has 0 aromatic heterocycles. The van der Waals surface area contributed by atoms with Gasteiger partial charge in [-0.05, 0) is 55.5 Å². The Morgan fingerprint density at radius 3 is 2.41 bits per heavy atom. The molecule has 0 saturated heterocycles. The molecule has 150 valence electrons. The number of hydrogen-bond donors (Lipinski definition) is 0. The highest BCUT2D eigenvalue weighted by atomic mass is 35.5. The van der Waals surface area contributed by atoms with E-state index in [2.05, 4.69) is 0 Å². The summed E-state index contributed by atoms with van der Waals surface area (Å²) in [5.74, 6) is -0.468. The predicted molar refractivity (Wildman–Crippen MR) is 114 cm³/mol. The summed E-state index contributed by atoms with van der Waals surface area (Å²) in [5.41, 5.74) is 0.376. The number of ketones is 2. The van der Waals surface area contributed by atoms with Crippen LogP contribution in [0.4, 0.5) is 0 Å². The fourth-order valence-corrected chi connectivity index (χ4v) is 6.21. The molecule has 2 aliphatic carbocycles. The van der Waals surface area contributed by atoms with Gasteiger partial charge >= 0.3 is 0 Å². The first-order valence-corrected chi connectivity index (χ1v) is 12.4. The van der Waals surface area contributed by atoms with Gasteiger partial charge in [-0.1, -0.05) is 41.6 Å². The number of thioether (sulfide) groups is 1. The van der Waals surface area contributed by atoms with Gasteiger partial charge in [-0.3, -0.25) is 9.59 Å². The zero-order valence-electron chi connectivity index (χ0n) is 15.7. The summed E-state index contributed by atoms with van der Waals surface area (Å²) in [7, 11) is -3.44. The monoisotopic (exact) mass is 446 g/mol. The highest BCUT2D eigenvalue weighted by molar-refractivity contribution is 8.03. The Morgan fingerprint density at radius 1 is 1.07 bits per heavy atom. The van der Waals surface area contributed by atoms with Crippen molar-refractivity contribution in [3.05, 3.63) is 69.6 Å². The molecule has 0 aliphatic heterocycles. The lowest BCUT2D eigenvalue weighted by molar-refractivity contribution is -0.119. The Bertz CT molecular complexity index is 1140. The summed E-state index contributed by atoms with van der Waals surface area (Å²) in [4.78, 5) is 28.3. The van der Waals surface area contributed by atoms with E-state index in [1.54, 1.807) is 0 Å². The van der Waals surface area contributed by atoms with Crippen LogP contribution in [0.3, 0.4) is 0 Å². The number of halogens is 1. The predicted octanol–water partition coefficient (Wildman–Crippen LogP) is 4.97. The van der Waals surface area contributed by atoms with Crippen LogP contribution in [0.5, 0.6) is 0 Å². The van der Waals surface area contributed by atoms with E-state index in [1.165, 1.54) is 30.0 Å². The van der Waals surface area contributed by atoms with Gasteiger partial charge in [0.2, 0.25) is 0 Å². The highest BCUT2D eigenvalue weighted by Crippen LogP contribution is 2.50. The van der Waals surface area contributed by atoms with Crippen LogP contribution in [-0.4, -0.2) is 26.2 Å². The number of sulfone groups is 1. The van der Waals surface area contributed by atoms with E-state index in [-0.39, 0.29) is 38.7 Å². The first-order chi connectivity index (χ1) is 13.8. The van der Waals surface area contributed by atoms with Gasteiger partial charge in [0.15, 0.2) is 21.4 Å². The average molecular weight is 447 g/mol. The van der Waals surface area contributed by atoms with Crippen molar-refractivity contribution in [3.8, 4) is 0 Å². The standard InChI is InChI=1S/C22H19ClO4S2/c1-29(26,27)16-9-10-17(18(23)12-16)21(25)19-20(24)13-7-8-14(11-13)22(19)28-15-5-3-2-4-6-15/h2-6,9-10,12-14H,7-8,11H2,1H3/t13?,14-/m0/s1. The van der Waals surface area contributed by atoms with Crippen LogP contribution < -0.4 is 0 Å². The van der Waals surface area contributed by atoms with Gasteiger partial charge in [0.25, 0.3) is 0 Å². The quantitative estimate of drug-likeness (QED) is 0.479. The lowest BCUT2D eigenvalue weighted by atomic mass is 9.84. The number of rotatable bonds is 5. The zero-order chi connectivity index (χ0) is 20.8. The summed E-state index contributed by atoms with van der Waals surface area (Å²) in [6, 6.07) is 13.7. The van der Waals surface area contributed by atoms with E-state index in [0.717, 1.165) is 35.3 Å². The fourth-order valence-electron chi connectivity index (χ4n) is 4.01. The van der Waals surface area contributed by atoms with Gasteiger partial charge in [0, 0.05) is 27.5 Å². The van der Waals surface area contributed by atoms with Crippen LogP contribution in [-0.2, 0) is 14.6 Å². The molecule has 1 saturated carbocycles. The van der Waals surface area contributed by atoms with Crippen LogP contribution >= 0.6 is 23.4 Å².